The average molecular weight is 973 g/mol. The van der Waals surface area contributed by atoms with E-state index in [0.717, 1.165) is 75.3 Å². The van der Waals surface area contributed by atoms with Gasteiger partial charge in [0.15, 0.2) is 11.4 Å². The Balaban J connectivity index is 0.844. The number of carbonyl (C=O) groups is 1. The smallest absolute Gasteiger partial charge is 0.297 e. The molecule has 370 valence electrons. The number of ether oxygens (including phenoxy) is 2. The molecule has 2 saturated heterocycles. The average Bonchev–Trinajstić information content (AvgIpc) is 4.02. The van der Waals surface area contributed by atoms with Crippen molar-refractivity contribution in [2.75, 3.05) is 47.9 Å². The predicted molar refractivity (Wildman–Crippen MR) is 269 cm³/mol. The summed E-state index contributed by atoms with van der Waals surface area (Å²) in [5, 5.41) is 26.5. The molecule has 1 spiro atoms. The molecule has 2 aromatic heterocycles. The fourth-order valence-electron chi connectivity index (χ4n) is 12.6. The van der Waals surface area contributed by atoms with E-state index in [1.54, 1.807) is 12.3 Å². The number of nitro groups is 1. The van der Waals surface area contributed by atoms with Gasteiger partial charge in [-0.3, -0.25) is 19.8 Å². The summed E-state index contributed by atoms with van der Waals surface area (Å²) in [7, 11) is -4.66. The Bertz CT molecular complexity index is 2920. The first-order valence-corrected chi connectivity index (χ1v) is 26.8. The number of anilines is 4. The largest absolute Gasteiger partial charge is 0.489 e. The van der Waals surface area contributed by atoms with Gasteiger partial charge < -0.3 is 34.7 Å². The number of amides is 1. The Morgan fingerprint density at radius 1 is 1.00 bits per heavy atom. The molecule has 2 saturated carbocycles. The minimum absolute atomic E-state index is 0.0262. The van der Waals surface area contributed by atoms with Crippen LogP contribution in [0.15, 0.2) is 77.8 Å². The highest BCUT2D eigenvalue weighted by molar-refractivity contribution is 7.90. The van der Waals surface area contributed by atoms with Crippen LogP contribution in [0.1, 0.15) is 125 Å². The predicted octanol–water partition coefficient (Wildman–Crippen LogP) is 9.33. The number of hydrogen-bond acceptors (Lipinski definition) is 13. The molecule has 17 heteroatoms. The van der Waals surface area contributed by atoms with Crippen molar-refractivity contribution in [2.45, 2.75) is 133 Å². The van der Waals surface area contributed by atoms with Crippen molar-refractivity contribution in [1.82, 2.24) is 19.6 Å². The molecular weight excluding hydrogens is 909 g/mol. The van der Waals surface area contributed by atoms with Gasteiger partial charge in [0.05, 0.1) is 39.8 Å². The molecule has 0 radical (unpaired) electrons. The zero-order valence-electron chi connectivity index (χ0n) is 40.2. The lowest BCUT2D eigenvalue weighted by Gasteiger charge is -2.56. The molecule has 0 unspecified atom stereocenters. The summed E-state index contributed by atoms with van der Waals surface area (Å²) in [6.07, 6.45) is 12.0. The first-order valence-electron chi connectivity index (χ1n) is 25.3. The van der Waals surface area contributed by atoms with Crippen molar-refractivity contribution in [1.29, 1.82) is 0 Å². The van der Waals surface area contributed by atoms with E-state index in [9.17, 15) is 28.4 Å². The number of aromatic nitrogens is 2. The Morgan fingerprint density at radius 2 is 1.79 bits per heavy atom. The number of rotatable bonds is 11. The van der Waals surface area contributed by atoms with Gasteiger partial charge in [0.25, 0.3) is 21.6 Å². The van der Waals surface area contributed by atoms with Crippen molar-refractivity contribution in [3.05, 3.63) is 99.7 Å². The second kappa shape index (κ2) is 18.4. The lowest BCUT2D eigenvalue weighted by Crippen LogP contribution is -2.55. The van der Waals surface area contributed by atoms with Gasteiger partial charge in [-0.25, -0.2) is 13.1 Å². The summed E-state index contributed by atoms with van der Waals surface area (Å²) in [5.74, 6) is 0.352. The molecule has 6 aliphatic rings. The van der Waals surface area contributed by atoms with Crippen LogP contribution >= 0.6 is 0 Å². The van der Waals surface area contributed by atoms with E-state index in [1.165, 1.54) is 42.9 Å². The third kappa shape index (κ3) is 8.82. The second-order valence-corrected chi connectivity index (χ2v) is 22.9. The number of fused-ring (bicyclic) bond motifs is 3. The SMILES string of the molecule is CC(C)c1ccccc1[C@@H]1CCCN1C1CC2(CCN(c3ccc(C(=O)NS(=O)(=O)c4cc5c(c([N+](=O)[O-])c4)N[C@H](CC4CCC(O)CC4)CO5)c(N4C[C@@H](C)Oc5nc6[nH]ccc6cc54)c3)CC2)C1. The minimum atomic E-state index is -4.66. The molecule has 11 rings (SSSR count). The van der Waals surface area contributed by atoms with Crippen LogP contribution in [-0.4, -0.2) is 96.3 Å². The fourth-order valence-corrected chi connectivity index (χ4v) is 13.6. The second-order valence-electron chi connectivity index (χ2n) is 21.3. The molecule has 0 bridgehead atoms. The van der Waals surface area contributed by atoms with E-state index < -0.39 is 31.4 Å². The van der Waals surface area contributed by atoms with Crippen LogP contribution in [0, 0.1) is 21.4 Å². The molecule has 4 aliphatic heterocycles. The molecule has 6 heterocycles. The Labute approximate surface area is 409 Å². The van der Waals surface area contributed by atoms with E-state index >= 15 is 0 Å². The molecule has 1 amide bonds. The Hall–Kier alpha value is -5.91. The molecule has 5 aromatic rings. The maximum atomic E-state index is 14.6. The number of aliphatic hydroxyl groups is 1. The number of hydrogen-bond donors (Lipinski definition) is 4. The maximum absolute atomic E-state index is 14.6. The number of likely N-dealkylation sites (tertiary alicyclic amines) is 1. The highest BCUT2D eigenvalue weighted by Crippen LogP contribution is 2.55. The molecule has 70 heavy (non-hydrogen) atoms. The third-order valence-electron chi connectivity index (χ3n) is 16.3. The van der Waals surface area contributed by atoms with Gasteiger partial charge in [-0.15, -0.1) is 0 Å². The third-order valence-corrected chi connectivity index (χ3v) is 17.6. The van der Waals surface area contributed by atoms with E-state index in [0.29, 0.717) is 65.2 Å². The van der Waals surface area contributed by atoms with Crippen molar-refractivity contribution in [3.8, 4) is 11.6 Å². The zero-order chi connectivity index (χ0) is 48.5. The summed E-state index contributed by atoms with van der Waals surface area (Å²) in [6, 6.07) is 21.5. The number of nitrogens with one attached hydrogen (secondary N) is 3. The molecular formula is C53H64N8O8S. The number of carbonyl (C=O) groups excluding carboxylic acids is 1. The number of benzene rings is 3. The number of aliphatic hydroxyl groups excluding tert-OH is 1. The number of aromatic amines is 1. The number of nitrogens with zero attached hydrogens (tertiary/aromatic N) is 5. The van der Waals surface area contributed by atoms with Crippen molar-refractivity contribution in [2.24, 2.45) is 11.3 Å². The number of piperidine rings is 1. The van der Waals surface area contributed by atoms with Crippen LogP contribution in [0.2, 0.25) is 0 Å². The van der Waals surface area contributed by atoms with Crippen LogP contribution in [0.5, 0.6) is 11.6 Å². The van der Waals surface area contributed by atoms with Gasteiger partial charge in [-0.1, -0.05) is 38.1 Å². The minimum Gasteiger partial charge on any atom is -0.489 e. The molecule has 3 atom stereocenters. The quantitative estimate of drug-likeness (QED) is 0.0723. The van der Waals surface area contributed by atoms with Crippen molar-refractivity contribution >= 4 is 55.4 Å². The lowest BCUT2D eigenvalue weighted by atomic mass is 9.59. The molecule has 2 aliphatic carbocycles. The van der Waals surface area contributed by atoms with Gasteiger partial charge in [0.2, 0.25) is 5.88 Å². The highest BCUT2D eigenvalue weighted by atomic mass is 32.2. The molecule has 16 nitrogen and oxygen atoms in total. The normalized spacial score (nSPS) is 24.6. The molecule has 3 aromatic carbocycles. The summed E-state index contributed by atoms with van der Waals surface area (Å²) in [6.45, 7) is 9.91. The van der Waals surface area contributed by atoms with Crippen LogP contribution < -0.4 is 29.3 Å². The zero-order valence-corrected chi connectivity index (χ0v) is 41.0. The summed E-state index contributed by atoms with van der Waals surface area (Å²) in [4.78, 5) is 41.0. The van der Waals surface area contributed by atoms with E-state index in [2.05, 4.69) is 62.9 Å². The molecule has 4 N–H and O–H groups in total. The monoisotopic (exact) mass is 972 g/mol. The first kappa shape index (κ1) is 46.5. The van der Waals surface area contributed by atoms with E-state index in [4.69, 9.17) is 14.5 Å². The number of pyridine rings is 1. The first-order chi connectivity index (χ1) is 33.7. The highest BCUT2D eigenvalue weighted by Gasteiger charge is 2.50. The topological polar surface area (TPSA) is 195 Å². The van der Waals surface area contributed by atoms with Gasteiger partial charge in [-0.2, -0.15) is 4.98 Å². The van der Waals surface area contributed by atoms with Crippen LogP contribution in [0.3, 0.4) is 0 Å². The van der Waals surface area contributed by atoms with Crippen LogP contribution in [0.25, 0.3) is 11.0 Å². The number of sulfonamides is 1. The Kier molecular flexibility index (Phi) is 12.2. The Morgan fingerprint density at radius 3 is 2.56 bits per heavy atom. The lowest BCUT2D eigenvalue weighted by molar-refractivity contribution is -0.384. The van der Waals surface area contributed by atoms with Gasteiger partial charge in [0, 0.05) is 54.6 Å². The van der Waals surface area contributed by atoms with Gasteiger partial charge in [-0.05, 0) is 143 Å². The summed E-state index contributed by atoms with van der Waals surface area (Å²) < 4.78 is 43.0. The fraction of sp³-hybridized carbons (Fsp3) is 0.509. The maximum Gasteiger partial charge on any atom is 0.297 e. The number of nitro benzene ring substituents is 1. The van der Waals surface area contributed by atoms with E-state index in [-0.39, 0.29) is 41.9 Å². The van der Waals surface area contributed by atoms with Crippen molar-refractivity contribution < 1.29 is 32.7 Å². The van der Waals surface area contributed by atoms with Gasteiger partial charge in [0.1, 0.15) is 24.0 Å². The molecule has 4 fully saturated rings. The summed E-state index contributed by atoms with van der Waals surface area (Å²) in [5.41, 5.74) is 5.73. The standard InChI is InChI=1S/C53H64N8O8S/c1-32(2)41-7-4-5-8-42(41)44-9-6-20-59(44)38-28-53(29-38)17-21-58(22-18-53)37-12-15-43(45(25-37)60-30-33(3)69-52-47(60)24-35-16-19-54-50(35)56-52)51(63)57-70(66,67)40-26-46(61(64)65)49-48(27-40)68-31-36(55-49)23-34-10-13-39(62)14-11-34/h4-5,7-8,12,15-16,19,24-27,32-34,36,38-39,44,55,62H,6,9-11,13-14,17-18,20-23,28-31H2,1-3H3,(H,54,56)(H,57,63)/t33-,34?,36-,39?,44+/m1/s1. The summed E-state index contributed by atoms with van der Waals surface area (Å²) >= 11 is 0. The van der Waals surface area contributed by atoms with Crippen molar-refractivity contribution in [3.63, 3.8) is 0 Å². The van der Waals surface area contributed by atoms with Crippen LogP contribution in [-0.2, 0) is 10.0 Å². The number of H-pyrrole nitrogens is 1. The van der Waals surface area contributed by atoms with Crippen LogP contribution in [0.4, 0.5) is 28.4 Å². The van der Waals surface area contributed by atoms with E-state index in [1.807, 2.05) is 36.1 Å². The van der Waals surface area contributed by atoms with Gasteiger partial charge >= 0.3 is 0 Å².